The summed E-state index contributed by atoms with van der Waals surface area (Å²) < 4.78 is 0. The molecule has 0 saturated carbocycles. The fourth-order valence-corrected chi connectivity index (χ4v) is 3.82. The van der Waals surface area contributed by atoms with E-state index in [2.05, 4.69) is 91.8 Å². The van der Waals surface area contributed by atoms with Crippen molar-refractivity contribution in [3.8, 4) is 22.3 Å². The monoisotopic (exact) mass is 358 g/mol. The molecule has 0 radical (unpaired) electrons. The minimum atomic E-state index is 0. The molecule has 0 unspecified atom stereocenters. The third-order valence-corrected chi connectivity index (χ3v) is 6.05. The molecule has 3 rings (SSSR count). The lowest BCUT2D eigenvalue weighted by atomic mass is 9.88. The third-order valence-electron chi connectivity index (χ3n) is 6.05. The Morgan fingerprint density at radius 3 is 0.889 bits per heavy atom. The molecule has 0 aliphatic carbocycles. The van der Waals surface area contributed by atoms with Gasteiger partial charge in [0.1, 0.15) is 0 Å². The Morgan fingerprint density at radius 1 is 0.370 bits per heavy atom. The van der Waals surface area contributed by atoms with Crippen molar-refractivity contribution in [3.63, 3.8) is 0 Å². The van der Waals surface area contributed by atoms with E-state index in [1.54, 1.807) is 0 Å². The van der Waals surface area contributed by atoms with Crippen LogP contribution in [0.1, 0.15) is 51.9 Å². The van der Waals surface area contributed by atoms with E-state index in [0.717, 1.165) is 0 Å². The predicted molar refractivity (Wildman–Crippen MR) is 122 cm³/mol. The van der Waals surface area contributed by atoms with Crippen LogP contribution in [0.2, 0.25) is 0 Å². The molecule has 0 aliphatic heterocycles. The van der Waals surface area contributed by atoms with Crippen LogP contribution in [-0.2, 0) is 0 Å². The largest absolute Gasteiger partial charge is 0.0776 e. The summed E-state index contributed by atoms with van der Waals surface area (Å²) in [5, 5.41) is 0. The Balaban J connectivity index is 0.00000261. The van der Waals surface area contributed by atoms with Crippen molar-refractivity contribution >= 4 is 0 Å². The van der Waals surface area contributed by atoms with Crippen LogP contribution in [0.15, 0.2) is 36.4 Å². The van der Waals surface area contributed by atoms with Crippen LogP contribution in [0.5, 0.6) is 0 Å². The Hall–Kier alpha value is -2.34. The minimum Gasteiger partial charge on any atom is -0.0776 e. The highest BCUT2D eigenvalue weighted by molar-refractivity contribution is 5.78. The van der Waals surface area contributed by atoms with E-state index in [9.17, 15) is 0 Å². The van der Waals surface area contributed by atoms with Gasteiger partial charge in [-0.15, -0.1) is 0 Å². The maximum atomic E-state index is 2.36. The van der Waals surface area contributed by atoms with Gasteiger partial charge in [-0.3, -0.25) is 0 Å². The number of benzene rings is 3. The lowest BCUT2D eigenvalue weighted by Crippen LogP contribution is -1.94. The second-order valence-corrected chi connectivity index (χ2v) is 7.95. The Labute approximate surface area is 166 Å². The van der Waals surface area contributed by atoms with Crippen LogP contribution >= 0.6 is 0 Å². The number of rotatable bonds is 2. The molecular formula is C27H34. The second-order valence-electron chi connectivity index (χ2n) is 7.95. The zero-order valence-electron chi connectivity index (χ0n) is 17.5. The highest BCUT2D eigenvalue weighted by atomic mass is 14.2. The van der Waals surface area contributed by atoms with E-state index in [1.165, 1.54) is 66.8 Å². The van der Waals surface area contributed by atoms with E-state index in [4.69, 9.17) is 0 Å². The zero-order valence-corrected chi connectivity index (χ0v) is 17.5. The number of hydrogen-bond acceptors (Lipinski definition) is 0. The van der Waals surface area contributed by atoms with Gasteiger partial charge in [-0.2, -0.15) is 0 Å². The van der Waals surface area contributed by atoms with Crippen molar-refractivity contribution in [2.45, 2.75) is 62.8 Å². The molecule has 0 amide bonds. The van der Waals surface area contributed by atoms with Crippen LogP contribution in [0, 0.1) is 55.4 Å². The SMILES string of the molecule is C.Cc1cc(-c2cc(C)c(C)c(C)c2)c(C)cc1-c1cc(C)c(C)c(C)c1. The van der Waals surface area contributed by atoms with Gasteiger partial charge in [0.05, 0.1) is 0 Å². The molecule has 0 heteroatoms. The molecule has 0 fully saturated rings. The quantitative estimate of drug-likeness (QED) is 0.434. The molecule has 0 heterocycles. The lowest BCUT2D eigenvalue weighted by Gasteiger charge is -2.16. The van der Waals surface area contributed by atoms with Crippen molar-refractivity contribution < 1.29 is 0 Å². The van der Waals surface area contributed by atoms with E-state index in [1.807, 2.05) is 0 Å². The van der Waals surface area contributed by atoms with Crippen molar-refractivity contribution in [2.24, 2.45) is 0 Å². The molecular weight excluding hydrogens is 324 g/mol. The summed E-state index contributed by atoms with van der Waals surface area (Å²) >= 11 is 0. The first-order chi connectivity index (χ1) is 12.2. The highest BCUT2D eigenvalue weighted by Crippen LogP contribution is 2.34. The summed E-state index contributed by atoms with van der Waals surface area (Å²) in [4.78, 5) is 0. The first kappa shape index (κ1) is 21.0. The summed E-state index contributed by atoms with van der Waals surface area (Å²) in [6, 6.07) is 14.0. The van der Waals surface area contributed by atoms with Gasteiger partial charge in [-0.05, 0) is 122 Å². The van der Waals surface area contributed by atoms with Gasteiger partial charge in [0, 0.05) is 0 Å². The summed E-state index contributed by atoms with van der Waals surface area (Å²) in [6.45, 7) is 17.7. The van der Waals surface area contributed by atoms with Crippen LogP contribution in [-0.4, -0.2) is 0 Å². The summed E-state index contributed by atoms with van der Waals surface area (Å²) in [5.41, 5.74) is 16.3. The summed E-state index contributed by atoms with van der Waals surface area (Å²) in [7, 11) is 0. The van der Waals surface area contributed by atoms with E-state index < -0.39 is 0 Å². The second kappa shape index (κ2) is 7.72. The molecule has 0 N–H and O–H groups in total. The molecule has 0 atom stereocenters. The molecule has 3 aromatic carbocycles. The standard InChI is InChI=1S/C26H30.CH4/c1-15-9-23(10-16(2)21(15)7)25-13-20(6)26(14-19(25)5)24-11-17(3)22(8)18(4)12-24;/h9-14H,1-8H3;1H4. The Morgan fingerprint density at radius 2 is 0.630 bits per heavy atom. The maximum absolute atomic E-state index is 2.36. The van der Waals surface area contributed by atoms with E-state index in [-0.39, 0.29) is 7.43 Å². The molecule has 142 valence electrons. The Kier molecular flexibility index (Phi) is 6.00. The molecule has 0 bridgehead atoms. The van der Waals surface area contributed by atoms with Gasteiger partial charge in [-0.1, -0.05) is 43.8 Å². The Bertz CT molecular complexity index is 874. The highest BCUT2D eigenvalue weighted by Gasteiger charge is 2.11. The molecule has 0 nitrogen and oxygen atoms in total. The van der Waals surface area contributed by atoms with Crippen LogP contribution in [0.25, 0.3) is 22.3 Å². The summed E-state index contributed by atoms with van der Waals surface area (Å²) in [5.74, 6) is 0. The summed E-state index contributed by atoms with van der Waals surface area (Å²) in [6.07, 6.45) is 0. The van der Waals surface area contributed by atoms with Gasteiger partial charge in [0.2, 0.25) is 0 Å². The topological polar surface area (TPSA) is 0 Å². The van der Waals surface area contributed by atoms with Gasteiger partial charge >= 0.3 is 0 Å². The fraction of sp³-hybridized carbons (Fsp3) is 0.333. The van der Waals surface area contributed by atoms with E-state index >= 15 is 0 Å². The van der Waals surface area contributed by atoms with Crippen molar-refractivity contribution in [2.75, 3.05) is 0 Å². The first-order valence-electron chi connectivity index (χ1n) is 9.46. The van der Waals surface area contributed by atoms with Crippen LogP contribution in [0.3, 0.4) is 0 Å². The maximum Gasteiger partial charge on any atom is -0.0151 e. The molecule has 0 saturated heterocycles. The van der Waals surface area contributed by atoms with Gasteiger partial charge in [0.15, 0.2) is 0 Å². The average molecular weight is 359 g/mol. The van der Waals surface area contributed by atoms with Gasteiger partial charge in [-0.25, -0.2) is 0 Å². The minimum absolute atomic E-state index is 0. The predicted octanol–water partition coefficient (Wildman–Crippen LogP) is 8.12. The molecule has 0 aromatic heterocycles. The van der Waals surface area contributed by atoms with Gasteiger partial charge < -0.3 is 0 Å². The smallest absolute Gasteiger partial charge is 0.0151 e. The van der Waals surface area contributed by atoms with Crippen LogP contribution < -0.4 is 0 Å². The molecule has 0 spiro atoms. The first-order valence-corrected chi connectivity index (χ1v) is 9.46. The lowest BCUT2D eigenvalue weighted by molar-refractivity contribution is 1.26. The van der Waals surface area contributed by atoms with Crippen molar-refractivity contribution in [1.82, 2.24) is 0 Å². The molecule has 0 aliphatic rings. The number of aryl methyl sites for hydroxylation is 6. The van der Waals surface area contributed by atoms with Crippen molar-refractivity contribution in [1.29, 1.82) is 0 Å². The molecule has 3 aromatic rings. The number of hydrogen-bond donors (Lipinski definition) is 0. The van der Waals surface area contributed by atoms with E-state index in [0.29, 0.717) is 0 Å². The average Bonchev–Trinajstić information content (AvgIpc) is 2.58. The fourth-order valence-electron chi connectivity index (χ4n) is 3.82. The van der Waals surface area contributed by atoms with Gasteiger partial charge in [0.25, 0.3) is 0 Å². The normalized spacial score (nSPS) is 10.7. The third kappa shape index (κ3) is 3.86. The zero-order chi connectivity index (χ0) is 19.2. The molecule has 27 heavy (non-hydrogen) atoms. The van der Waals surface area contributed by atoms with Crippen LogP contribution in [0.4, 0.5) is 0 Å². The van der Waals surface area contributed by atoms with Crippen molar-refractivity contribution in [3.05, 3.63) is 80.9 Å².